The fourth-order valence-corrected chi connectivity index (χ4v) is 1.15. The van der Waals surface area contributed by atoms with Gasteiger partial charge in [-0.2, -0.15) is 0 Å². The van der Waals surface area contributed by atoms with Crippen molar-refractivity contribution >= 4 is 12.2 Å². The number of carbonyl (C=O) groups is 1. The van der Waals surface area contributed by atoms with Gasteiger partial charge in [0.15, 0.2) is 0 Å². The molecule has 0 spiro atoms. The van der Waals surface area contributed by atoms with E-state index in [0.29, 0.717) is 5.92 Å². The molecule has 0 saturated carbocycles. The lowest BCUT2D eigenvalue weighted by atomic mass is 10.1. The number of allylic oxidation sites excluding steroid dienone is 1. The number of nitrogens with zero attached hydrogens (tertiary/aromatic N) is 1. The van der Waals surface area contributed by atoms with Gasteiger partial charge >= 0.3 is 5.97 Å². The molecule has 0 N–H and O–H groups in total. The van der Waals surface area contributed by atoms with Crippen molar-refractivity contribution in [2.45, 2.75) is 80.4 Å². The molecule has 0 fully saturated rings. The summed E-state index contributed by atoms with van der Waals surface area (Å²) >= 11 is 0. The number of ether oxygens (including phenoxy) is 1. The second kappa shape index (κ2) is 10.6. The number of hydrogen-bond acceptors (Lipinski definition) is 3. The maximum atomic E-state index is 11.7. The fraction of sp³-hybridized carbons (Fsp3) is 0.765. The van der Waals surface area contributed by atoms with E-state index in [4.69, 9.17) is 4.74 Å². The van der Waals surface area contributed by atoms with Crippen molar-refractivity contribution in [2.24, 2.45) is 10.9 Å². The Balaban J connectivity index is 0. The minimum atomic E-state index is -0.432. The molecule has 0 rings (SSSR count). The summed E-state index contributed by atoms with van der Waals surface area (Å²) in [5, 5.41) is 0. The lowest BCUT2D eigenvalue weighted by Gasteiger charge is -2.19. The zero-order valence-electron chi connectivity index (χ0n) is 14.8. The summed E-state index contributed by atoms with van der Waals surface area (Å²) in [5.74, 6) is 0.292. The Labute approximate surface area is 125 Å². The van der Waals surface area contributed by atoms with Gasteiger partial charge in [0, 0.05) is 12.3 Å². The Morgan fingerprint density at radius 3 is 2.05 bits per heavy atom. The second-order valence-electron chi connectivity index (χ2n) is 5.89. The quantitative estimate of drug-likeness (QED) is 0.536. The van der Waals surface area contributed by atoms with E-state index in [1.807, 2.05) is 47.6 Å². The normalized spacial score (nSPS) is 14.0. The lowest BCUT2D eigenvalue weighted by Crippen LogP contribution is -2.24. The first-order valence-corrected chi connectivity index (χ1v) is 7.56. The van der Waals surface area contributed by atoms with Gasteiger partial charge in [-0.05, 0) is 46.1 Å². The molecule has 3 nitrogen and oxygen atoms in total. The Hall–Kier alpha value is -1.12. The molecule has 0 aromatic carbocycles. The summed E-state index contributed by atoms with van der Waals surface area (Å²) in [5.41, 5.74) is 0.468. The average molecular weight is 283 g/mol. The van der Waals surface area contributed by atoms with E-state index >= 15 is 0 Å². The first kappa shape index (κ1) is 21.2. The predicted octanol–water partition coefficient (Wildman–Crippen LogP) is 4.81. The van der Waals surface area contributed by atoms with Crippen molar-refractivity contribution in [1.82, 2.24) is 0 Å². The van der Waals surface area contributed by atoms with Crippen molar-refractivity contribution in [2.75, 3.05) is 0 Å². The molecule has 0 aromatic rings. The molecule has 0 radical (unpaired) electrons. The van der Waals surface area contributed by atoms with Gasteiger partial charge in [0.2, 0.25) is 0 Å². The van der Waals surface area contributed by atoms with E-state index in [-0.39, 0.29) is 18.4 Å². The maximum Gasteiger partial charge on any atom is 0.310 e. The SMILES string of the molecule is C/C=C(\C=NC(C)C(C)C)CC(=O)OC(C)(C)C.CC. The van der Waals surface area contributed by atoms with Gasteiger partial charge in [-0.25, -0.2) is 0 Å². The molecule has 0 aliphatic rings. The molecule has 118 valence electrons. The Morgan fingerprint density at radius 1 is 1.20 bits per heavy atom. The highest BCUT2D eigenvalue weighted by atomic mass is 16.6. The molecule has 0 amide bonds. The van der Waals surface area contributed by atoms with E-state index in [0.717, 1.165) is 5.57 Å². The number of aliphatic imine (C=N–C) groups is 1. The standard InChI is InChI=1S/C15H27NO2.C2H6/c1-8-13(10-16-12(4)11(2)3)9-14(17)18-15(5,6)7;1-2/h8,10-12H,9H2,1-7H3;1-2H3/b13-8-,16-10?;. The first-order valence-electron chi connectivity index (χ1n) is 7.56. The molecule has 0 aliphatic carbocycles. The van der Waals surface area contributed by atoms with Crippen molar-refractivity contribution in [3.63, 3.8) is 0 Å². The highest BCUT2D eigenvalue weighted by Gasteiger charge is 2.16. The van der Waals surface area contributed by atoms with Crippen LogP contribution in [0.5, 0.6) is 0 Å². The van der Waals surface area contributed by atoms with E-state index in [1.165, 1.54) is 0 Å². The van der Waals surface area contributed by atoms with Crippen molar-refractivity contribution in [3.05, 3.63) is 11.6 Å². The zero-order chi connectivity index (χ0) is 16.3. The average Bonchev–Trinajstić information content (AvgIpc) is 2.34. The van der Waals surface area contributed by atoms with E-state index in [2.05, 4.69) is 25.8 Å². The summed E-state index contributed by atoms with van der Waals surface area (Å²) in [6.07, 6.45) is 3.97. The van der Waals surface area contributed by atoms with Crippen LogP contribution >= 0.6 is 0 Å². The van der Waals surface area contributed by atoms with Crippen molar-refractivity contribution in [1.29, 1.82) is 0 Å². The van der Waals surface area contributed by atoms with Crippen LogP contribution in [0.4, 0.5) is 0 Å². The van der Waals surface area contributed by atoms with E-state index in [1.54, 1.807) is 6.21 Å². The van der Waals surface area contributed by atoms with Crippen LogP contribution in [0.2, 0.25) is 0 Å². The highest BCUT2D eigenvalue weighted by molar-refractivity contribution is 5.87. The third-order valence-corrected chi connectivity index (χ3v) is 2.58. The molecule has 0 aliphatic heterocycles. The molecular formula is C17H33NO2. The van der Waals surface area contributed by atoms with Gasteiger partial charge in [-0.3, -0.25) is 9.79 Å². The first-order chi connectivity index (χ1) is 9.15. The third kappa shape index (κ3) is 11.9. The van der Waals surface area contributed by atoms with Crippen molar-refractivity contribution < 1.29 is 9.53 Å². The maximum absolute atomic E-state index is 11.7. The van der Waals surface area contributed by atoms with Gasteiger partial charge in [0.05, 0.1) is 6.42 Å². The van der Waals surface area contributed by atoms with Gasteiger partial charge in [0.1, 0.15) is 5.60 Å². The Bertz CT molecular complexity index is 322. The summed E-state index contributed by atoms with van der Waals surface area (Å²) in [6.45, 7) is 17.9. The van der Waals surface area contributed by atoms with Crippen LogP contribution < -0.4 is 0 Å². The zero-order valence-corrected chi connectivity index (χ0v) is 14.8. The van der Waals surface area contributed by atoms with Gasteiger partial charge in [-0.1, -0.05) is 33.8 Å². The highest BCUT2D eigenvalue weighted by Crippen LogP contribution is 2.11. The van der Waals surface area contributed by atoms with Gasteiger partial charge in [0.25, 0.3) is 0 Å². The Morgan fingerprint density at radius 2 is 1.70 bits per heavy atom. The van der Waals surface area contributed by atoms with Crippen LogP contribution in [0.3, 0.4) is 0 Å². The molecule has 1 unspecified atom stereocenters. The van der Waals surface area contributed by atoms with Crippen LogP contribution in [-0.2, 0) is 9.53 Å². The molecular weight excluding hydrogens is 250 g/mol. The smallest absolute Gasteiger partial charge is 0.310 e. The fourth-order valence-electron chi connectivity index (χ4n) is 1.15. The van der Waals surface area contributed by atoms with Crippen LogP contribution in [0, 0.1) is 5.92 Å². The van der Waals surface area contributed by atoms with E-state index < -0.39 is 5.60 Å². The summed E-state index contributed by atoms with van der Waals surface area (Å²) in [7, 11) is 0. The van der Waals surface area contributed by atoms with Gasteiger partial charge in [-0.15, -0.1) is 0 Å². The number of rotatable bonds is 5. The van der Waals surface area contributed by atoms with Crippen LogP contribution in [0.25, 0.3) is 0 Å². The van der Waals surface area contributed by atoms with Gasteiger partial charge < -0.3 is 4.74 Å². The van der Waals surface area contributed by atoms with Crippen molar-refractivity contribution in [3.8, 4) is 0 Å². The predicted molar refractivity (Wildman–Crippen MR) is 88.4 cm³/mol. The third-order valence-electron chi connectivity index (χ3n) is 2.58. The van der Waals surface area contributed by atoms with Crippen LogP contribution in [0.15, 0.2) is 16.6 Å². The molecule has 0 aromatic heterocycles. The minimum absolute atomic E-state index is 0.209. The monoisotopic (exact) mass is 283 g/mol. The minimum Gasteiger partial charge on any atom is -0.460 e. The Kier molecular flexibility index (Phi) is 11.3. The number of esters is 1. The topological polar surface area (TPSA) is 38.7 Å². The summed E-state index contributed by atoms with van der Waals surface area (Å²) < 4.78 is 5.28. The molecule has 1 atom stereocenters. The summed E-state index contributed by atoms with van der Waals surface area (Å²) in [4.78, 5) is 16.1. The number of carbonyl (C=O) groups excluding carboxylic acids is 1. The van der Waals surface area contributed by atoms with Crippen LogP contribution in [0.1, 0.15) is 68.7 Å². The van der Waals surface area contributed by atoms with E-state index in [9.17, 15) is 4.79 Å². The van der Waals surface area contributed by atoms with Crippen LogP contribution in [-0.4, -0.2) is 23.8 Å². The number of hydrogen-bond donors (Lipinski definition) is 0. The lowest BCUT2D eigenvalue weighted by molar-refractivity contribution is -0.153. The molecule has 0 bridgehead atoms. The molecule has 0 saturated heterocycles. The molecule has 0 heterocycles. The second-order valence-corrected chi connectivity index (χ2v) is 5.89. The molecule has 20 heavy (non-hydrogen) atoms. The summed E-state index contributed by atoms with van der Waals surface area (Å²) in [6, 6.07) is 0.263. The largest absolute Gasteiger partial charge is 0.460 e. The molecule has 3 heteroatoms.